The molecule has 2 aromatic rings. The quantitative estimate of drug-likeness (QED) is 0.637. The summed E-state index contributed by atoms with van der Waals surface area (Å²) in [5.74, 6) is 1.31. The Morgan fingerprint density at radius 2 is 2.00 bits per heavy atom. The molecule has 0 bridgehead atoms. The van der Waals surface area contributed by atoms with Gasteiger partial charge in [-0.15, -0.1) is 0 Å². The molecule has 2 aliphatic heterocycles. The van der Waals surface area contributed by atoms with E-state index in [9.17, 15) is 5.11 Å². The number of nitrogens with one attached hydrogen (secondary N) is 1. The fourth-order valence-electron chi connectivity index (χ4n) is 4.45. The monoisotopic (exact) mass is 377 g/mol. The second-order valence-electron chi connectivity index (χ2n) is 8.03. The molecule has 0 saturated carbocycles. The maximum absolute atomic E-state index is 10.3. The van der Waals surface area contributed by atoms with Gasteiger partial charge in [0.25, 0.3) is 0 Å². The average molecular weight is 377 g/mol. The van der Waals surface area contributed by atoms with E-state index >= 15 is 0 Å². The molecule has 2 heterocycles. The first-order valence-corrected chi connectivity index (χ1v) is 9.69. The second-order valence-corrected chi connectivity index (χ2v) is 8.03. The Morgan fingerprint density at radius 1 is 1.21 bits per heavy atom. The number of fused-ring (bicyclic) bond motifs is 5. The number of anilines is 1. The van der Waals surface area contributed by atoms with E-state index in [0.29, 0.717) is 5.75 Å². The van der Waals surface area contributed by atoms with Crippen LogP contribution in [0.25, 0.3) is 16.7 Å². The summed E-state index contributed by atoms with van der Waals surface area (Å²) >= 11 is 0. The molecule has 1 atom stereocenters. The van der Waals surface area contributed by atoms with Crippen LogP contribution in [0.2, 0.25) is 0 Å². The minimum absolute atomic E-state index is 0.103. The molecule has 0 amide bonds. The molecule has 1 unspecified atom stereocenters. The fourth-order valence-corrected chi connectivity index (χ4v) is 4.45. The first kappa shape index (κ1) is 18.5. The van der Waals surface area contributed by atoms with Crippen LogP contribution in [0.3, 0.4) is 0 Å². The van der Waals surface area contributed by atoms with Crippen molar-refractivity contribution in [3.05, 3.63) is 53.6 Å². The molecule has 2 N–H and O–H groups in total. The van der Waals surface area contributed by atoms with Gasteiger partial charge < -0.3 is 19.9 Å². The Kier molecular flexibility index (Phi) is 4.37. The van der Waals surface area contributed by atoms with E-state index in [-0.39, 0.29) is 17.4 Å². The summed E-state index contributed by atoms with van der Waals surface area (Å²) in [6, 6.07) is 7.69. The largest absolute Gasteiger partial charge is 0.504 e. The lowest BCUT2D eigenvalue weighted by molar-refractivity contribution is 0.204. The normalized spacial score (nSPS) is 19.0. The fraction of sp³-hybridized carbons (Fsp3) is 0.333. The van der Waals surface area contributed by atoms with Gasteiger partial charge in [0, 0.05) is 23.2 Å². The molecular formula is C24H27NO3. The van der Waals surface area contributed by atoms with Crippen LogP contribution in [0, 0.1) is 0 Å². The van der Waals surface area contributed by atoms with Gasteiger partial charge in [-0.1, -0.05) is 24.3 Å². The summed E-state index contributed by atoms with van der Waals surface area (Å²) in [5.41, 5.74) is 6.43. The van der Waals surface area contributed by atoms with Gasteiger partial charge >= 0.3 is 0 Å². The summed E-state index contributed by atoms with van der Waals surface area (Å²) in [4.78, 5) is 0. The number of benzene rings is 2. The third-order valence-corrected chi connectivity index (χ3v) is 5.42. The molecule has 146 valence electrons. The van der Waals surface area contributed by atoms with Crippen LogP contribution in [-0.2, 0) is 0 Å². The minimum Gasteiger partial charge on any atom is -0.504 e. The first-order valence-electron chi connectivity index (χ1n) is 9.69. The van der Waals surface area contributed by atoms with Gasteiger partial charge in [-0.25, -0.2) is 0 Å². The molecule has 0 fully saturated rings. The number of rotatable bonds is 3. The van der Waals surface area contributed by atoms with Crippen molar-refractivity contribution < 1.29 is 14.6 Å². The Hall–Kier alpha value is -2.88. The number of methoxy groups -OCH3 is 1. The highest BCUT2D eigenvalue weighted by Gasteiger charge is 2.35. The van der Waals surface area contributed by atoms with Crippen LogP contribution in [-0.4, -0.2) is 17.8 Å². The third kappa shape index (κ3) is 2.84. The first-order chi connectivity index (χ1) is 13.4. The smallest absolute Gasteiger partial charge is 0.172 e. The lowest BCUT2D eigenvalue weighted by atomic mass is 9.81. The van der Waals surface area contributed by atoms with Crippen LogP contribution in [0.15, 0.2) is 42.5 Å². The van der Waals surface area contributed by atoms with E-state index in [1.165, 1.54) is 11.1 Å². The van der Waals surface area contributed by atoms with Crippen molar-refractivity contribution in [2.45, 2.75) is 45.8 Å². The lowest BCUT2D eigenvalue weighted by Gasteiger charge is -2.37. The lowest BCUT2D eigenvalue weighted by Crippen LogP contribution is -2.32. The molecule has 2 aromatic carbocycles. The number of allylic oxidation sites excluding steroid dienone is 2. The van der Waals surface area contributed by atoms with Crippen molar-refractivity contribution >= 4 is 11.3 Å². The number of aromatic hydroxyl groups is 1. The van der Waals surface area contributed by atoms with Gasteiger partial charge in [0.05, 0.1) is 18.2 Å². The van der Waals surface area contributed by atoms with Crippen LogP contribution in [0.1, 0.15) is 51.3 Å². The molecule has 4 rings (SSSR count). The molecule has 28 heavy (non-hydrogen) atoms. The number of hydrogen-bond acceptors (Lipinski definition) is 4. The molecule has 0 aliphatic carbocycles. The van der Waals surface area contributed by atoms with Crippen LogP contribution < -0.4 is 14.8 Å². The van der Waals surface area contributed by atoms with E-state index < -0.39 is 0 Å². The maximum atomic E-state index is 10.3. The van der Waals surface area contributed by atoms with Gasteiger partial charge in [0.2, 0.25) is 0 Å². The summed E-state index contributed by atoms with van der Waals surface area (Å²) in [6.07, 6.45) is 7.12. The number of phenolic OH excluding ortho intramolecular Hbond substituents is 1. The van der Waals surface area contributed by atoms with Crippen molar-refractivity contribution in [2.24, 2.45) is 0 Å². The van der Waals surface area contributed by atoms with Gasteiger partial charge in [0.1, 0.15) is 11.9 Å². The summed E-state index contributed by atoms with van der Waals surface area (Å²) in [6.45, 7) is 8.52. The van der Waals surface area contributed by atoms with Crippen LogP contribution in [0.5, 0.6) is 17.2 Å². The van der Waals surface area contributed by atoms with Crippen molar-refractivity contribution in [2.75, 3.05) is 12.4 Å². The number of hydrogen-bond donors (Lipinski definition) is 2. The Labute approximate surface area is 166 Å². The minimum atomic E-state index is -0.104. The highest BCUT2D eigenvalue weighted by molar-refractivity contribution is 5.92. The Morgan fingerprint density at radius 3 is 2.71 bits per heavy atom. The summed E-state index contributed by atoms with van der Waals surface area (Å²) in [5, 5.41) is 14.0. The topological polar surface area (TPSA) is 50.7 Å². The molecule has 0 aromatic heterocycles. The standard InChI is InChI=1S/C24H27NO3/c1-6-7-8-18-21-15(22-19(28-18)12-11-17(26)23(22)27-5)9-10-16-20(21)14(2)13-24(3,4)25-16/h6-7,9-13,18,25-26H,8H2,1-5H3/b7-6-. The summed E-state index contributed by atoms with van der Waals surface area (Å²) < 4.78 is 12.0. The van der Waals surface area contributed by atoms with E-state index in [1.807, 2.05) is 13.0 Å². The molecule has 0 spiro atoms. The predicted molar refractivity (Wildman–Crippen MR) is 114 cm³/mol. The van der Waals surface area contributed by atoms with Gasteiger partial charge in [-0.05, 0) is 57.0 Å². The predicted octanol–water partition coefficient (Wildman–Crippen LogP) is 6.07. The maximum Gasteiger partial charge on any atom is 0.172 e. The van der Waals surface area contributed by atoms with E-state index in [1.54, 1.807) is 13.2 Å². The Bertz CT molecular complexity index is 1000. The van der Waals surface area contributed by atoms with Gasteiger partial charge in [-0.2, -0.15) is 0 Å². The zero-order valence-corrected chi connectivity index (χ0v) is 17.1. The SMILES string of the molecule is C/C=C\CC1Oc2ccc(O)c(OC)c2-c2ccc3c(c21)C(C)=CC(C)(C)N3. The van der Waals surface area contributed by atoms with Crippen molar-refractivity contribution in [3.63, 3.8) is 0 Å². The van der Waals surface area contributed by atoms with E-state index in [0.717, 1.165) is 34.5 Å². The molecule has 4 heteroatoms. The van der Waals surface area contributed by atoms with Crippen molar-refractivity contribution in [1.29, 1.82) is 0 Å². The van der Waals surface area contributed by atoms with Crippen LogP contribution in [0.4, 0.5) is 5.69 Å². The molecule has 4 nitrogen and oxygen atoms in total. The van der Waals surface area contributed by atoms with E-state index in [2.05, 4.69) is 56.4 Å². The van der Waals surface area contributed by atoms with Crippen LogP contribution >= 0.6 is 0 Å². The zero-order valence-electron chi connectivity index (χ0n) is 17.1. The number of phenols is 1. The van der Waals surface area contributed by atoms with Crippen molar-refractivity contribution in [3.8, 4) is 28.4 Å². The molecule has 2 aliphatic rings. The highest BCUT2D eigenvalue weighted by Crippen LogP contribution is 2.54. The average Bonchev–Trinajstić information content (AvgIpc) is 2.64. The molecule has 0 saturated heterocycles. The second kappa shape index (κ2) is 6.62. The zero-order chi connectivity index (χ0) is 20.1. The van der Waals surface area contributed by atoms with Gasteiger partial charge in [0.15, 0.2) is 11.5 Å². The highest BCUT2D eigenvalue weighted by atomic mass is 16.5. The van der Waals surface area contributed by atoms with Gasteiger partial charge in [-0.3, -0.25) is 0 Å². The Balaban J connectivity index is 2.02. The molecular weight excluding hydrogens is 350 g/mol. The molecule has 0 radical (unpaired) electrons. The number of ether oxygens (including phenoxy) is 2. The van der Waals surface area contributed by atoms with E-state index in [4.69, 9.17) is 9.47 Å². The summed E-state index contributed by atoms with van der Waals surface area (Å²) in [7, 11) is 1.58. The third-order valence-electron chi connectivity index (χ3n) is 5.42. The van der Waals surface area contributed by atoms with Crippen molar-refractivity contribution in [1.82, 2.24) is 0 Å².